The number of hydrogen-bond donors (Lipinski definition) is 1. The molecule has 56 valence electrons. The summed E-state index contributed by atoms with van der Waals surface area (Å²) in [5.41, 5.74) is 0.896. The highest BCUT2D eigenvalue weighted by molar-refractivity contribution is 9.10. The molecule has 1 nitrogen and oxygen atoms in total. The summed E-state index contributed by atoms with van der Waals surface area (Å²) >= 11 is 9.29. The van der Waals surface area contributed by atoms with Crippen molar-refractivity contribution in [2.45, 2.75) is 0 Å². The number of nitrogens with one attached hydrogen (secondary N) is 1. The second kappa shape index (κ2) is 2.54. The smallest absolute Gasteiger partial charge is 0.0646 e. The molecule has 2 rings (SSSR count). The quantitative estimate of drug-likeness (QED) is 0.713. The molecule has 0 unspecified atom stereocenters. The van der Waals surface area contributed by atoms with E-state index < -0.39 is 0 Å². The molecule has 1 aromatic heterocycles. The van der Waals surface area contributed by atoms with Crippen LogP contribution in [0.3, 0.4) is 0 Å². The van der Waals surface area contributed by atoms with Crippen molar-refractivity contribution in [3.05, 3.63) is 33.9 Å². The van der Waals surface area contributed by atoms with Crippen molar-refractivity contribution in [3.8, 4) is 0 Å². The Morgan fingerprint density at radius 3 is 3.18 bits per heavy atom. The van der Waals surface area contributed by atoms with Crippen LogP contribution in [-0.2, 0) is 0 Å². The van der Waals surface area contributed by atoms with Crippen LogP contribution in [0.5, 0.6) is 0 Å². The van der Waals surface area contributed by atoms with Crippen LogP contribution in [0, 0.1) is 0 Å². The fraction of sp³-hybridized carbons (Fsp3) is 0. The second-order valence-corrected chi connectivity index (χ2v) is 3.45. The second-order valence-electron chi connectivity index (χ2n) is 2.22. The molecule has 0 spiro atoms. The van der Waals surface area contributed by atoms with Gasteiger partial charge in [0.2, 0.25) is 0 Å². The predicted molar refractivity (Wildman–Crippen MR) is 51.0 cm³/mol. The number of hydrogen-bond acceptors (Lipinski definition) is 0. The van der Waals surface area contributed by atoms with E-state index in [-0.39, 0.29) is 0 Å². The van der Waals surface area contributed by atoms with Gasteiger partial charge in [0, 0.05) is 21.6 Å². The van der Waals surface area contributed by atoms with Crippen LogP contribution in [0.4, 0.5) is 0 Å². The van der Waals surface area contributed by atoms with Crippen LogP contribution >= 0.6 is 27.5 Å². The van der Waals surface area contributed by atoms with E-state index in [4.69, 9.17) is 13.0 Å². The fourth-order valence-electron chi connectivity index (χ4n) is 0.998. The third kappa shape index (κ3) is 1.06. The molecule has 1 aromatic carbocycles. The number of rotatable bonds is 0. The first kappa shape index (κ1) is 6.09. The van der Waals surface area contributed by atoms with Gasteiger partial charge in [0.25, 0.3) is 0 Å². The number of aromatic nitrogens is 1. The first-order valence-electron chi connectivity index (χ1n) is 3.62. The number of fused-ring (bicyclic) bond motifs is 1. The molecule has 0 saturated carbocycles. The van der Waals surface area contributed by atoms with E-state index in [2.05, 4.69) is 20.9 Å². The molecule has 0 radical (unpaired) electrons. The molecule has 0 bridgehead atoms. The van der Waals surface area contributed by atoms with Crippen LogP contribution < -0.4 is 0 Å². The van der Waals surface area contributed by atoms with Gasteiger partial charge in [-0.3, -0.25) is 0 Å². The summed E-state index contributed by atoms with van der Waals surface area (Å²) in [7, 11) is 0. The monoisotopic (exact) mass is 230 g/mol. The van der Waals surface area contributed by atoms with E-state index in [1.165, 1.54) is 0 Å². The minimum Gasteiger partial charge on any atom is -0.361 e. The number of aromatic amines is 1. The number of H-pyrrole nitrogens is 1. The molecule has 11 heavy (non-hydrogen) atoms. The lowest BCUT2D eigenvalue weighted by molar-refractivity contribution is 1.48. The summed E-state index contributed by atoms with van der Waals surface area (Å²) in [6, 6.07) is 4.18. The van der Waals surface area contributed by atoms with Gasteiger partial charge in [-0.05, 0) is 34.1 Å². The Bertz CT molecular complexity index is 438. The van der Waals surface area contributed by atoms with E-state index in [0.29, 0.717) is 11.1 Å². The third-order valence-electron chi connectivity index (χ3n) is 1.54. The standard InChI is InChI=1S/C8H5BrClN/c9-6-1-2-7-5(8(6)10)3-4-11-7/h1-4,11H/i3D. The Morgan fingerprint density at radius 1 is 1.55 bits per heavy atom. The maximum absolute atomic E-state index is 7.54. The highest BCUT2D eigenvalue weighted by Gasteiger charge is 2.02. The average Bonchev–Trinajstić information content (AvgIpc) is 2.41. The van der Waals surface area contributed by atoms with Crippen molar-refractivity contribution >= 4 is 38.4 Å². The van der Waals surface area contributed by atoms with Crippen LogP contribution in [0.15, 0.2) is 28.8 Å². The molecule has 3 heteroatoms. The van der Waals surface area contributed by atoms with E-state index in [1.54, 1.807) is 6.20 Å². The highest BCUT2D eigenvalue weighted by Crippen LogP contribution is 2.29. The van der Waals surface area contributed by atoms with Crippen LogP contribution in [0.2, 0.25) is 5.02 Å². The van der Waals surface area contributed by atoms with Gasteiger partial charge in [-0.15, -0.1) is 0 Å². The largest absolute Gasteiger partial charge is 0.361 e. The normalized spacial score (nSPS) is 12.0. The SMILES string of the molecule is [2H]c1c[nH]c2ccc(Br)c(Cl)c12. The maximum Gasteiger partial charge on any atom is 0.0646 e. The lowest BCUT2D eigenvalue weighted by Crippen LogP contribution is -1.70. The summed E-state index contributed by atoms with van der Waals surface area (Å²) in [5.74, 6) is 0. The first-order chi connectivity index (χ1) is 5.70. The Kier molecular flexibility index (Phi) is 1.41. The van der Waals surface area contributed by atoms with E-state index in [1.807, 2.05) is 12.1 Å². The molecule has 0 aliphatic rings. The van der Waals surface area contributed by atoms with Crippen LogP contribution in [0.25, 0.3) is 10.9 Å². The fourth-order valence-corrected chi connectivity index (χ4v) is 1.55. The Hall–Kier alpha value is -0.470. The molecule has 1 heterocycles. The van der Waals surface area contributed by atoms with Gasteiger partial charge < -0.3 is 4.98 Å². The zero-order valence-corrected chi connectivity index (χ0v) is 7.83. The molecule has 0 atom stereocenters. The Morgan fingerprint density at radius 2 is 2.36 bits per heavy atom. The van der Waals surface area contributed by atoms with Crippen molar-refractivity contribution < 1.29 is 1.37 Å². The van der Waals surface area contributed by atoms with Crippen molar-refractivity contribution in [2.75, 3.05) is 0 Å². The zero-order chi connectivity index (χ0) is 8.72. The molecule has 2 aromatic rings. The molecule has 1 N–H and O–H groups in total. The number of benzene rings is 1. The van der Waals surface area contributed by atoms with Gasteiger partial charge in [-0.1, -0.05) is 11.6 Å². The van der Waals surface area contributed by atoms with E-state index >= 15 is 0 Å². The van der Waals surface area contributed by atoms with Gasteiger partial charge in [-0.2, -0.15) is 0 Å². The molecule has 0 saturated heterocycles. The predicted octanol–water partition coefficient (Wildman–Crippen LogP) is 3.58. The van der Waals surface area contributed by atoms with Gasteiger partial charge in [0.15, 0.2) is 0 Å². The Balaban J connectivity index is 2.96. The molecule has 0 amide bonds. The molecular formula is C8H5BrClN. The lowest BCUT2D eigenvalue weighted by atomic mass is 10.2. The third-order valence-corrected chi connectivity index (χ3v) is 2.82. The van der Waals surface area contributed by atoms with Crippen molar-refractivity contribution in [3.63, 3.8) is 0 Å². The zero-order valence-electron chi connectivity index (χ0n) is 6.49. The van der Waals surface area contributed by atoms with Gasteiger partial charge in [0.1, 0.15) is 0 Å². The maximum atomic E-state index is 7.54. The minimum absolute atomic E-state index is 0.427. The van der Waals surface area contributed by atoms with Gasteiger partial charge in [0.05, 0.1) is 6.39 Å². The van der Waals surface area contributed by atoms with Gasteiger partial charge in [-0.25, -0.2) is 0 Å². The summed E-state index contributed by atoms with van der Waals surface area (Å²) in [6.07, 6.45) is 1.63. The number of halogens is 2. The summed E-state index contributed by atoms with van der Waals surface area (Å²) in [6.45, 7) is 0. The van der Waals surface area contributed by atoms with E-state index in [0.717, 1.165) is 15.4 Å². The van der Waals surface area contributed by atoms with Crippen molar-refractivity contribution in [1.29, 1.82) is 0 Å². The van der Waals surface area contributed by atoms with Crippen molar-refractivity contribution in [2.24, 2.45) is 0 Å². The topological polar surface area (TPSA) is 15.8 Å². The molecule has 0 aliphatic heterocycles. The minimum atomic E-state index is 0.427. The molecular weight excluding hydrogens is 225 g/mol. The van der Waals surface area contributed by atoms with Crippen molar-refractivity contribution in [1.82, 2.24) is 4.98 Å². The summed E-state index contributed by atoms with van der Waals surface area (Å²) < 4.78 is 8.37. The Labute approximate surface area is 78.9 Å². The highest BCUT2D eigenvalue weighted by atomic mass is 79.9. The van der Waals surface area contributed by atoms with Gasteiger partial charge >= 0.3 is 0 Å². The molecule has 0 fully saturated rings. The van der Waals surface area contributed by atoms with E-state index in [9.17, 15) is 0 Å². The summed E-state index contributed by atoms with van der Waals surface area (Å²) in [5, 5.41) is 1.37. The average molecular weight is 231 g/mol. The van der Waals surface area contributed by atoms with Crippen LogP contribution in [0.1, 0.15) is 1.37 Å². The first-order valence-corrected chi connectivity index (χ1v) is 4.29. The van der Waals surface area contributed by atoms with Crippen LogP contribution in [-0.4, -0.2) is 4.98 Å². The molecule has 0 aliphatic carbocycles. The summed E-state index contributed by atoms with van der Waals surface area (Å²) in [4.78, 5) is 2.96. The lowest BCUT2D eigenvalue weighted by Gasteiger charge is -1.95.